The second-order valence-electron chi connectivity index (χ2n) is 4.87. The van der Waals surface area contributed by atoms with E-state index in [1.54, 1.807) is 0 Å². The van der Waals surface area contributed by atoms with Crippen LogP contribution in [0, 0.1) is 11.8 Å². The summed E-state index contributed by atoms with van der Waals surface area (Å²) in [6.45, 7) is 3.92. The average molecular weight is 332 g/mol. The van der Waals surface area contributed by atoms with Gasteiger partial charge < -0.3 is 10.2 Å². The molecule has 0 bridgehead atoms. The number of nitrogens with zero attached hydrogens (tertiary/aromatic N) is 1. The molecule has 98 valence electrons. The highest BCUT2D eigenvalue weighted by atomic mass is 79.9. The van der Waals surface area contributed by atoms with Crippen LogP contribution in [0.2, 0.25) is 0 Å². The number of carbonyl (C=O) groups excluding carboxylic acids is 1. The highest BCUT2D eigenvalue weighted by Crippen LogP contribution is 2.28. The molecule has 18 heavy (non-hydrogen) atoms. The molecule has 0 unspecified atom stereocenters. The minimum absolute atomic E-state index is 0. The Balaban J connectivity index is 0.00000120. The zero-order valence-electron chi connectivity index (χ0n) is 9.93. The Morgan fingerprint density at radius 1 is 1.22 bits per heavy atom. The first kappa shape index (κ1) is 13.8. The normalized spacial score (nSPS) is 25.7. The van der Waals surface area contributed by atoms with Crippen molar-refractivity contribution in [2.45, 2.75) is 0 Å². The predicted octanol–water partition coefficient (Wildman–Crippen LogP) is 2.16. The first-order valence-corrected chi connectivity index (χ1v) is 6.79. The van der Waals surface area contributed by atoms with Gasteiger partial charge in [0.15, 0.2) is 0 Å². The van der Waals surface area contributed by atoms with Crippen LogP contribution in [0.1, 0.15) is 10.4 Å². The molecule has 1 amide bonds. The number of benzene rings is 1. The van der Waals surface area contributed by atoms with Gasteiger partial charge in [-0.25, -0.2) is 0 Å². The van der Waals surface area contributed by atoms with Crippen molar-refractivity contribution in [3.05, 3.63) is 34.3 Å². The predicted molar refractivity (Wildman–Crippen MR) is 77.1 cm³/mol. The molecule has 5 heteroatoms. The van der Waals surface area contributed by atoms with Gasteiger partial charge >= 0.3 is 0 Å². The summed E-state index contributed by atoms with van der Waals surface area (Å²) in [6, 6.07) is 7.66. The van der Waals surface area contributed by atoms with E-state index in [9.17, 15) is 4.79 Å². The van der Waals surface area contributed by atoms with E-state index in [1.807, 2.05) is 29.2 Å². The van der Waals surface area contributed by atoms with Gasteiger partial charge in [-0.05, 0) is 39.9 Å². The topological polar surface area (TPSA) is 32.3 Å². The molecule has 2 fully saturated rings. The lowest BCUT2D eigenvalue weighted by Gasteiger charge is -2.18. The van der Waals surface area contributed by atoms with Gasteiger partial charge in [-0.15, -0.1) is 12.4 Å². The van der Waals surface area contributed by atoms with Crippen LogP contribution in [0.25, 0.3) is 0 Å². The number of halogens is 2. The van der Waals surface area contributed by atoms with Crippen molar-refractivity contribution in [3.63, 3.8) is 0 Å². The lowest BCUT2D eigenvalue weighted by Crippen LogP contribution is -2.32. The van der Waals surface area contributed by atoms with E-state index < -0.39 is 0 Å². The summed E-state index contributed by atoms with van der Waals surface area (Å²) < 4.78 is 0.889. The Hall–Kier alpha value is -0.580. The Morgan fingerprint density at radius 2 is 1.83 bits per heavy atom. The molecule has 3 nitrogen and oxygen atoms in total. The maximum Gasteiger partial charge on any atom is 0.255 e. The fraction of sp³-hybridized carbons (Fsp3) is 0.462. The quantitative estimate of drug-likeness (QED) is 0.855. The van der Waals surface area contributed by atoms with Gasteiger partial charge in [0.2, 0.25) is 0 Å². The van der Waals surface area contributed by atoms with E-state index in [0.29, 0.717) is 11.8 Å². The molecule has 0 aromatic heterocycles. The van der Waals surface area contributed by atoms with Crippen LogP contribution in [0.4, 0.5) is 0 Å². The maximum absolute atomic E-state index is 12.4. The third-order valence-electron chi connectivity index (χ3n) is 3.78. The molecule has 3 rings (SSSR count). The van der Waals surface area contributed by atoms with Crippen LogP contribution in [0.15, 0.2) is 28.7 Å². The number of hydrogen-bond acceptors (Lipinski definition) is 2. The smallest absolute Gasteiger partial charge is 0.255 e. The number of likely N-dealkylation sites (tertiary alicyclic amines) is 1. The van der Waals surface area contributed by atoms with Crippen molar-refractivity contribution in [2.75, 3.05) is 26.2 Å². The van der Waals surface area contributed by atoms with Crippen LogP contribution in [-0.4, -0.2) is 37.0 Å². The molecule has 1 N–H and O–H groups in total. The Labute approximate surface area is 121 Å². The van der Waals surface area contributed by atoms with E-state index in [2.05, 4.69) is 21.2 Å². The molecule has 1 aromatic carbocycles. The summed E-state index contributed by atoms with van der Waals surface area (Å²) in [7, 11) is 0. The standard InChI is InChI=1S/C13H15BrN2O.ClH/c14-12-4-2-1-3-11(12)13(17)16-7-9-5-15-6-10(9)8-16;/h1-4,9-10,15H,5-8H2;1H/t9-,10+;. The molecular weight excluding hydrogens is 316 g/mol. The van der Waals surface area contributed by atoms with Gasteiger partial charge in [-0.1, -0.05) is 12.1 Å². The van der Waals surface area contributed by atoms with Crippen LogP contribution in [0.5, 0.6) is 0 Å². The lowest BCUT2D eigenvalue weighted by atomic mass is 10.0. The minimum Gasteiger partial charge on any atom is -0.338 e. The molecule has 2 saturated heterocycles. The summed E-state index contributed by atoms with van der Waals surface area (Å²) in [6.07, 6.45) is 0. The maximum atomic E-state index is 12.4. The molecular formula is C13H16BrClN2O. The van der Waals surface area contributed by atoms with Crippen LogP contribution < -0.4 is 5.32 Å². The number of rotatable bonds is 1. The molecule has 1 aromatic rings. The minimum atomic E-state index is 0. The summed E-state index contributed by atoms with van der Waals surface area (Å²) in [4.78, 5) is 14.4. The van der Waals surface area contributed by atoms with Gasteiger partial charge in [0.25, 0.3) is 5.91 Å². The van der Waals surface area contributed by atoms with Gasteiger partial charge in [0.05, 0.1) is 5.56 Å². The molecule has 0 saturated carbocycles. The van der Waals surface area contributed by atoms with Crippen molar-refractivity contribution in [2.24, 2.45) is 11.8 Å². The second kappa shape index (κ2) is 5.59. The average Bonchev–Trinajstić information content (AvgIpc) is 2.88. The van der Waals surface area contributed by atoms with Crippen molar-refractivity contribution in [1.29, 1.82) is 0 Å². The summed E-state index contributed by atoms with van der Waals surface area (Å²) in [5.74, 6) is 1.47. The largest absolute Gasteiger partial charge is 0.338 e. The van der Waals surface area contributed by atoms with E-state index in [4.69, 9.17) is 0 Å². The molecule has 0 aliphatic carbocycles. The van der Waals surface area contributed by atoms with Gasteiger partial charge in [0, 0.05) is 30.7 Å². The van der Waals surface area contributed by atoms with E-state index in [1.165, 1.54) is 0 Å². The highest BCUT2D eigenvalue weighted by molar-refractivity contribution is 9.10. The number of nitrogens with one attached hydrogen (secondary N) is 1. The van der Waals surface area contributed by atoms with Crippen LogP contribution >= 0.6 is 28.3 Å². The molecule has 0 spiro atoms. The first-order chi connectivity index (χ1) is 8.25. The first-order valence-electron chi connectivity index (χ1n) is 6.00. The van der Waals surface area contributed by atoms with E-state index in [-0.39, 0.29) is 18.3 Å². The second-order valence-corrected chi connectivity index (χ2v) is 5.72. The lowest BCUT2D eigenvalue weighted by molar-refractivity contribution is 0.0781. The van der Waals surface area contributed by atoms with Crippen molar-refractivity contribution in [1.82, 2.24) is 10.2 Å². The van der Waals surface area contributed by atoms with Crippen LogP contribution in [0.3, 0.4) is 0 Å². The number of fused-ring (bicyclic) bond motifs is 1. The SMILES string of the molecule is Cl.O=C(c1ccccc1Br)N1C[C@H]2CNC[C@H]2C1. The van der Waals surface area contributed by atoms with Gasteiger partial charge in [-0.3, -0.25) is 4.79 Å². The molecule has 0 radical (unpaired) electrons. The van der Waals surface area contributed by atoms with Crippen molar-refractivity contribution >= 4 is 34.2 Å². The molecule has 2 aliphatic heterocycles. The van der Waals surface area contributed by atoms with E-state index >= 15 is 0 Å². The number of hydrogen-bond donors (Lipinski definition) is 1. The fourth-order valence-corrected chi connectivity index (χ4v) is 3.28. The number of amides is 1. The summed E-state index contributed by atoms with van der Waals surface area (Å²) >= 11 is 3.45. The third-order valence-corrected chi connectivity index (χ3v) is 4.47. The van der Waals surface area contributed by atoms with Crippen molar-refractivity contribution < 1.29 is 4.79 Å². The number of carbonyl (C=O) groups is 1. The van der Waals surface area contributed by atoms with Gasteiger partial charge in [-0.2, -0.15) is 0 Å². The zero-order valence-corrected chi connectivity index (χ0v) is 12.3. The Bertz CT molecular complexity index is 442. The third kappa shape index (κ3) is 2.42. The zero-order chi connectivity index (χ0) is 11.8. The fourth-order valence-electron chi connectivity index (χ4n) is 2.83. The molecule has 2 aliphatic rings. The van der Waals surface area contributed by atoms with Gasteiger partial charge in [0.1, 0.15) is 0 Å². The Morgan fingerprint density at radius 3 is 2.44 bits per heavy atom. The van der Waals surface area contributed by atoms with Crippen LogP contribution in [-0.2, 0) is 0 Å². The summed E-state index contributed by atoms with van der Waals surface area (Å²) in [5, 5.41) is 3.39. The van der Waals surface area contributed by atoms with Crippen molar-refractivity contribution in [3.8, 4) is 0 Å². The highest BCUT2D eigenvalue weighted by Gasteiger charge is 2.38. The monoisotopic (exact) mass is 330 g/mol. The summed E-state index contributed by atoms with van der Waals surface area (Å²) in [5.41, 5.74) is 0.778. The molecule has 2 atom stereocenters. The van der Waals surface area contributed by atoms with E-state index in [0.717, 1.165) is 36.2 Å². The Kier molecular flexibility index (Phi) is 4.30. The molecule has 2 heterocycles.